The predicted molar refractivity (Wildman–Crippen MR) is 99.2 cm³/mol. The molecule has 1 aliphatic rings. The Balaban J connectivity index is 1.61. The van der Waals surface area contributed by atoms with Crippen LogP contribution >= 0.6 is 11.3 Å². The van der Waals surface area contributed by atoms with Crippen molar-refractivity contribution in [3.05, 3.63) is 69.2 Å². The third kappa shape index (κ3) is 2.81. The Kier molecular flexibility index (Phi) is 3.88. The fourth-order valence-corrected chi connectivity index (χ4v) is 4.03. The summed E-state index contributed by atoms with van der Waals surface area (Å²) in [5.74, 6) is -0.416. The fraction of sp³-hybridized carbons (Fsp3) is 0.167. The average Bonchev–Trinajstić information content (AvgIpc) is 3.16. The molecule has 0 saturated carbocycles. The van der Waals surface area contributed by atoms with E-state index in [1.54, 1.807) is 6.92 Å². The summed E-state index contributed by atoms with van der Waals surface area (Å²) in [4.78, 5) is 41.3. The first-order valence-electron chi connectivity index (χ1n) is 8.12. The second kappa shape index (κ2) is 6.13. The number of hydrogen-bond donors (Lipinski definition) is 1. The third-order valence-electron chi connectivity index (χ3n) is 4.56. The lowest BCUT2D eigenvalue weighted by molar-refractivity contribution is -0.384. The minimum absolute atomic E-state index is 0.0760. The van der Waals surface area contributed by atoms with E-state index in [1.807, 2.05) is 24.3 Å². The van der Waals surface area contributed by atoms with Crippen molar-refractivity contribution in [2.75, 3.05) is 0 Å². The van der Waals surface area contributed by atoms with E-state index >= 15 is 0 Å². The quantitative estimate of drug-likeness (QED) is 0.424. The standard InChI is InChI=1S/C18H14N4O4S/c1-18(11-6-8-12(9-7-11)22(25)26)16(23)21(17(24)20-18)10-15-19-13-4-2-3-5-14(13)27-15/h2-9H,10H2,1H3,(H,20,24)/t18-/m0/s1. The summed E-state index contributed by atoms with van der Waals surface area (Å²) in [6.07, 6.45) is 0. The summed E-state index contributed by atoms with van der Waals surface area (Å²) in [6.45, 7) is 1.67. The lowest BCUT2D eigenvalue weighted by Crippen LogP contribution is -2.40. The van der Waals surface area contributed by atoms with Gasteiger partial charge in [-0.15, -0.1) is 11.3 Å². The van der Waals surface area contributed by atoms with Gasteiger partial charge in [-0.1, -0.05) is 12.1 Å². The van der Waals surface area contributed by atoms with Crippen molar-refractivity contribution < 1.29 is 14.5 Å². The van der Waals surface area contributed by atoms with Gasteiger partial charge >= 0.3 is 6.03 Å². The molecular formula is C18H14N4O4S. The summed E-state index contributed by atoms with van der Waals surface area (Å²) >= 11 is 1.43. The molecule has 8 nitrogen and oxygen atoms in total. The summed E-state index contributed by atoms with van der Waals surface area (Å²) in [5.41, 5.74) is -0.0468. The van der Waals surface area contributed by atoms with Gasteiger partial charge in [0.1, 0.15) is 10.5 Å². The van der Waals surface area contributed by atoms with Gasteiger partial charge in [0.05, 0.1) is 21.7 Å². The number of nitrogens with one attached hydrogen (secondary N) is 1. The number of carbonyl (C=O) groups is 2. The highest BCUT2D eigenvalue weighted by Gasteiger charge is 2.49. The molecule has 2 heterocycles. The van der Waals surface area contributed by atoms with Crippen molar-refractivity contribution in [1.29, 1.82) is 0 Å². The molecule has 3 amide bonds. The van der Waals surface area contributed by atoms with Gasteiger partial charge in [-0.05, 0) is 36.8 Å². The molecule has 0 unspecified atom stereocenters. The summed E-state index contributed by atoms with van der Waals surface area (Å²) in [7, 11) is 0. The molecule has 27 heavy (non-hydrogen) atoms. The zero-order chi connectivity index (χ0) is 19.2. The maximum Gasteiger partial charge on any atom is 0.325 e. The molecule has 0 aliphatic carbocycles. The van der Waals surface area contributed by atoms with Crippen molar-refractivity contribution >= 4 is 39.2 Å². The molecule has 1 fully saturated rings. The number of nitro groups is 1. The number of thiazole rings is 1. The summed E-state index contributed by atoms with van der Waals surface area (Å²) < 4.78 is 0.984. The maximum atomic E-state index is 13.0. The largest absolute Gasteiger partial charge is 0.325 e. The SMILES string of the molecule is C[C@@]1(c2ccc([N+](=O)[O-])cc2)NC(=O)N(Cc2nc3ccccc3s2)C1=O. The average molecular weight is 382 g/mol. The van der Waals surface area contributed by atoms with Gasteiger partial charge in [0.15, 0.2) is 0 Å². The molecule has 0 spiro atoms. The number of nitrogens with zero attached hydrogens (tertiary/aromatic N) is 3. The molecule has 1 atom stereocenters. The Morgan fingerprint density at radius 1 is 1.19 bits per heavy atom. The molecule has 3 aromatic rings. The number of amides is 3. The first-order valence-corrected chi connectivity index (χ1v) is 8.93. The molecule has 0 radical (unpaired) electrons. The van der Waals surface area contributed by atoms with Crippen LogP contribution in [0, 0.1) is 10.1 Å². The zero-order valence-electron chi connectivity index (χ0n) is 14.2. The van der Waals surface area contributed by atoms with Crippen LogP contribution in [0.1, 0.15) is 17.5 Å². The van der Waals surface area contributed by atoms with Crippen LogP contribution < -0.4 is 5.32 Å². The predicted octanol–water partition coefficient (Wildman–Crippen LogP) is 3.17. The Labute approximate surface area is 157 Å². The number of hydrogen-bond acceptors (Lipinski definition) is 6. The second-order valence-corrected chi connectivity index (χ2v) is 7.44. The summed E-state index contributed by atoms with van der Waals surface area (Å²) in [6, 6.07) is 12.7. The van der Waals surface area contributed by atoms with Crippen LogP contribution in [-0.4, -0.2) is 26.7 Å². The van der Waals surface area contributed by atoms with Gasteiger partial charge in [0.2, 0.25) is 0 Å². The van der Waals surface area contributed by atoms with E-state index < -0.39 is 22.4 Å². The smallest absolute Gasteiger partial charge is 0.319 e. The molecule has 1 aliphatic heterocycles. The number of imide groups is 1. The molecular weight excluding hydrogens is 368 g/mol. The zero-order valence-corrected chi connectivity index (χ0v) is 15.0. The van der Waals surface area contributed by atoms with Crippen LogP contribution in [0.3, 0.4) is 0 Å². The Hall–Kier alpha value is -3.33. The van der Waals surface area contributed by atoms with E-state index in [9.17, 15) is 19.7 Å². The van der Waals surface area contributed by atoms with Crippen molar-refractivity contribution in [3.63, 3.8) is 0 Å². The molecule has 0 bridgehead atoms. The number of aromatic nitrogens is 1. The van der Waals surface area contributed by atoms with Crippen LogP contribution in [0.4, 0.5) is 10.5 Å². The van der Waals surface area contributed by atoms with E-state index in [1.165, 1.54) is 35.6 Å². The number of non-ortho nitro benzene ring substituents is 1. The van der Waals surface area contributed by atoms with Gasteiger partial charge < -0.3 is 5.32 Å². The molecule has 136 valence electrons. The number of nitro benzene ring substituents is 1. The molecule has 1 aromatic heterocycles. The fourth-order valence-electron chi connectivity index (χ4n) is 3.08. The van der Waals surface area contributed by atoms with Crippen LogP contribution in [0.25, 0.3) is 10.2 Å². The third-order valence-corrected chi connectivity index (χ3v) is 5.58. The van der Waals surface area contributed by atoms with E-state index in [4.69, 9.17) is 0 Å². The number of fused-ring (bicyclic) bond motifs is 1. The van der Waals surface area contributed by atoms with Crippen molar-refractivity contribution in [2.24, 2.45) is 0 Å². The normalized spacial score (nSPS) is 19.5. The Morgan fingerprint density at radius 2 is 1.89 bits per heavy atom. The van der Waals surface area contributed by atoms with Crippen LogP contribution in [0.15, 0.2) is 48.5 Å². The van der Waals surface area contributed by atoms with Gasteiger partial charge in [-0.3, -0.25) is 19.8 Å². The molecule has 1 saturated heterocycles. The first-order chi connectivity index (χ1) is 12.9. The number of rotatable bonds is 4. The highest BCUT2D eigenvalue weighted by atomic mass is 32.1. The lowest BCUT2D eigenvalue weighted by Gasteiger charge is -2.21. The minimum atomic E-state index is -1.27. The Morgan fingerprint density at radius 3 is 2.56 bits per heavy atom. The van der Waals surface area contributed by atoms with Crippen LogP contribution in [0.5, 0.6) is 0 Å². The van der Waals surface area contributed by atoms with Gasteiger partial charge in [0, 0.05) is 12.1 Å². The van der Waals surface area contributed by atoms with Crippen LogP contribution in [0.2, 0.25) is 0 Å². The molecule has 4 rings (SSSR count). The van der Waals surface area contributed by atoms with E-state index in [-0.39, 0.29) is 12.2 Å². The van der Waals surface area contributed by atoms with Crippen molar-refractivity contribution in [3.8, 4) is 0 Å². The highest BCUT2D eigenvalue weighted by molar-refractivity contribution is 7.18. The topological polar surface area (TPSA) is 105 Å². The number of benzene rings is 2. The van der Waals surface area contributed by atoms with Crippen molar-refractivity contribution in [2.45, 2.75) is 19.0 Å². The maximum absolute atomic E-state index is 13.0. The molecule has 9 heteroatoms. The highest BCUT2D eigenvalue weighted by Crippen LogP contribution is 2.32. The van der Waals surface area contributed by atoms with E-state index in [2.05, 4.69) is 10.3 Å². The number of para-hydroxylation sites is 1. The monoisotopic (exact) mass is 382 g/mol. The Bertz CT molecular complexity index is 1050. The summed E-state index contributed by atoms with van der Waals surface area (Å²) in [5, 5.41) is 14.2. The van der Waals surface area contributed by atoms with Gasteiger partial charge in [-0.25, -0.2) is 9.78 Å². The van der Waals surface area contributed by atoms with E-state index in [0.717, 1.165) is 15.1 Å². The van der Waals surface area contributed by atoms with Gasteiger partial charge in [-0.2, -0.15) is 0 Å². The second-order valence-electron chi connectivity index (χ2n) is 6.33. The van der Waals surface area contributed by atoms with Crippen molar-refractivity contribution in [1.82, 2.24) is 15.2 Å². The molecule has 1 N–H and O–H groups in total. The van der Waals surface area contributed by atoms with Gasteiger partial charge in [0.25, 0.3) is 11.6 Å². The first kappa shape index (κ1) is 17.1. The minimum Gasteiger partial charge on any atom is -0.319 e. The number of carbonyl (C=O) groups excluding carboxylic acids is 2. The lowest BCUT2D eigenvalue weighted by atomic mass is 9.92. The van der Waals surface area contributed by atoms with E-state index in [0.29, 0.717) is 10.6 Å². The number of urea groups is 1. The van der Waals surface area contributed by atoms with Crippen LogP contribution in [-0.2, 0) is 16.9 Å². The molecule has 2 aromatic carbocycles.